The SMILES string of the molecule is Cc1cc(C(=O)NC(C)(C)C)cc(C(F)(F)F)c1.Cc1cc(C(=O)O)cc(C(F)(F)F)c1.S=S=S. The van der Waals surface area contributed by atoms with Crippen molar-refractivity contribution in [2.24, 2.45) is 0 Å². The number of hydrogen-bond acceptors (Lipinski definition) is 4. The van der Waals surface area contributed by atoms with Gasteiger partial charge in [-0.3, -0.25) is 4.79 Å². The first-order valence-corrected chi connectivity index (χ1v) is 12.2. The number of benzene rings is 2. The Balaban J connectivity index is 0.000000608. The molecule has 2 aromatic rings. The molecule has 4 nitrogen and oxygen atoms in total. The van der Waals surface area contributed by atoms with Gasteiger partial charge in [-0.15, -0.1) is 0 Å². The second kappa shape index (κ2) is 13.1. The highest BCUT2D eigenvalue weighted by atomic mass is 33.1. The van der Waals surface area contributed by atoms with E-state index in [0.717, 1.165) is 27.1 Å². The average molecular weight is 560 g/mol. The molecule has 0 aliphatic rings. The van der Waals surface area contributed by atoms with Gasteiger partial charge in [0, 0.05) is 42.4 Å². The molecule has 0 aliphatic carbocycles. The van der Waals surface area contributed by atoms with Crippen LogP contribution >= 0.6 is 0 Å². The number of aromatic carboxylic acids is 1. The second-order valence-corrected chi connectivity index (χ2v) is 10.0. The van der Waals surface area contributed by atoms with Crippen LogP contribution in [0.3, 0.4) is 0 Å². The van der Waals surface area contributed by atoms with Crippen molar-refractivity contribution in [1.82, 2.24) is 5.32 Å². The van der Waals surface area contributed by atoms with Crippen molar-refractivity contribution in [3.8, 4) is 0 Å². The van der Waals surface area contributed by atoms with Gasteiger partial charge in [-0.25, -0.2) is 4.79 Å². The molecule has 0 bridgehead atoms. The molecular weight excluding hydrogens is 536 g/mol. The molecule has 2 N–H and O–H groups in total. The van der Waals surface area contributed by atoms with Crippen LogP contribution in [-0.2, 0) is 43.6 Å². The summed E-state index contributed by atoms with van der Waals surface area (Å²) >= 11 is 8.25. The van der Waals surface area contributed by atoms with Crippen LogP contribution in [0.25, 0.3) is 0 Å². The van der Waals surface area contributed by atoms with Crippen molar-refractivity contribution >= 4 is 43.1 Å². The summed E-state index contributed by atoms with van der Waals surface area (Å²) in [6, 6.07) is 6.05. The summed E-state index contributed by atoms with van der Waals surface area (Å²) in [7, 11) is 0.917. The lowest BCUT2D eigenvalue weighted by molar-refractivity contribution is -0.138. The number of carboxylic acids is 1. The summed E-state index contributed by atoms with van der Waals surface area (Å²) in [5.74, 6) is -1.86. The summed E-state index contributed by atoms with van der Waals surface area (Å²) in [5, 5.41) is 11.2. The van der Waals surface area contributed by atoms with E-state index in [1.807, 2.05) is 0 Å². The number of nitrogens with one attached hydrogen (secondary N) is 1. The lowest BCUT2D eigenvalue weighted by Gasteiger charge is -2.21. The minimum atomic E-state index is -4.50. The van der Waals surface area contributed by atoms with Gasteiger partial charge in [0.1, 0.15) is 0 Å². The third-order valence-corrected chi connectivity index (χ3v) is 3.81. The fourth-order valence-corrected chi connectivity index (χ4v) is 2.56. The molecule has 2 aromatic carbocycles. The van der Waals surface area contributed by atoms with Crippen molar-refractivity contribution in [1.29, 1.82) is 0 Å². The molecule has 0 aromatic heterocycles. The van der Waals surface area contributed by atoms with Crippen LogP contribution in [-0.4, -0.2) is 22.5 Å². The monoisotopic (exact) mass is 559 g/mol. The number of carbonyl (C=O) groups excluding carboxylic acids is 1. The summed E-state index contributed by atoms with van der Waals surface area (Å²) in [6.45, 7) is 8.26. The molecule has 13 heteroatoms. The molecule has 0 aliphatic heterocycles. The fourth-order valence-electron chi connectivity index (χ4n) is 2.56. The van der Waals surface area contributed by atoms with E-state index in [1.165, 1.54) is 26.0 Å². The topological polar surface area (TPSA) is 66.4 Å². The summed E-state index contributed by atoms with van der Waals surface area (Å²) < 4.78 is 74.5. The van der Waals surface area contributed by atoms with Crippen LogP contribution in [0, 0.1) is 13.8 Å². The van der Waals surface area contributed by atoms with Crippen molar-refractivity contribution in [3.63, 3.8) is 0 Å². The highest BCUT2D eigenvalue weighted by Crippen LogP contribution is 2.31. The van der Waals surface area contributed by atoms with E-state index < -0.39 is 40.9 Å². The quantitative estimate of drug-likeness (QED) is 0.426. The first kappa shape index (κ1) is 32.6. The van der Waals surface area contributed by atoms with Crippen molar-refractivity contribution in [2.45, 2.75) is 52.5 Å². The van der Waals surface area contributed by atoms with Gasteiger partial charge in [-0.2, -0.15) is 26.3 Å². The van der Waals surface area contributed by atoms with Gasteiger partial charge in [-0.05, 0) is 82.1 Å². The molecule has 0 fully saturated rings. The molecule has 1 amide bonds. The Morgan fingerprint density at radius 3 is 1.43 bits per heavy atom. The van der Waals surface area contributed by atoms with E-state index in [0.29, 0.717) is 11.6 Å². The summed E-state index contributed by atoms with van der Waals surface area (Å²) in [4.78, 5) is 22.3. The third kappa shape index (κ3) is 12.8. The van der Waals surface area contributed by atoms with Gasteiger partial charge in [0.25, 0.3) is 5.91 Å². The van der Waals surface area contributed by atoms with Crippen LogP contribution in [0.1, 0.15) is 63.7 Å². The molecule has 0 unspecified atom stereocenters. The van der Waals surface area contributed by atoms with Crippen LogP contribution in [0.4, 0.5) is 26.3 Å². The molecule has 35 heavy (non-hydrogen) atoms. The first-order valence-electron chi connectivity index (χ1n) is 9.56. The molecular formula is C22H23F6NO3S3. The third-order valence-electron chi connectivity index (χ3n) is 3.81. The highest BCUT2D eigenvalue weighted by Gasteiger charge is 2.32. The number of hydrogen-bond donors (Lipinski definition) is 2. The standard InChI is InChI=1S/C13H16F3NO.C9H7F3O2.S3/c1-8-5-9(11(18)17-12(2,3)4)7-10(6-8)13(14,15)16;1-5-2-6(8(13)14)4-7(3-5)9(10,11)12;1-3-2/h5-7H,1-4H3,(H,17,18);2-4H,1H3,(H,13,14);. The minimum Gasteiger partial charge on any atom is -0.478 e. The van der Waals surface area contributed by atoms with Crippen LogP contribution < -0.4 is 5.32 Å². The molecule has 0 spiro atoms. The number of alkyl halides is 6. The number of aryl methyl sites for hydroxylation is 2. The Kier molecular flexibility index (Phi) is 12.2. The van der Waals surface area contributed by atoms with E-state index >= 15 is 0 Å². The molecule has 194 valence electrons. The molecule has 2 rings (SSSR count). The van der Waals surface area contributed by atoms with Crippen molar-refractivity contribution in [2.75, 3.05) is 0 Å². The van der Waals surface area contributed by atoms with E-state index in [-0.39, 0.29) is 16.7 Å². The summed E-state index contributed by atoms with van der Waals surface area (Å²) in [6.07, 6.45) is -8.95. The lowest BCUT2D eigenvalue weighted by Crippen LogP contribution is -2.40. The maximum Gasteiger partial charge on any atom is 0.416 e. The maximum absolute atomic E-state index is 12.6. The average Bonchev–Trinajstić information content (AvgIpc) is 2.65. The van der Waals surface area contributed by atoms with E-state index in [4.69, 9.17) is 5.11 Å². The Morgan fingerprint density at radius 1 is 0.771 bits per heavy atom. The Hall–Kier alpha value is -2.38. The molecule has 0 atom stereocenters. The van der Waals surface area contributed by atoms with Gasteiger partial charge in [0.15, 0.2) is 0 Å². The summed E-state index contributed by atoms with van der Waals surface area (Å²) in [5.41, 5.74) is -1.87. The molecule has 0 radical (unpaired) electrons. The van der Waals surface area contributed by atoms with E-state index in [2.05, 4.69) is 27.7 Å². The van der Waals surface area contributed by atoms with Crippen LogP contribution in [0.2, 0.25) is 0 Å². The van der Waals surface area contributed by atoms with Crippen LogP contribution in [0.5, 0.6) is 0 Å². The predicted molar refractivity (Wildman–Crippen MR) is 129 cm³/mol. The number of carbonyl (C=O) groups is 2. The minimum absolute atomic E-state index is 0.0252. The highest BCUT2D eigenvalue weighted by molar-refractivity contribution is 8.37. The smallest absolute Gasteiger partial charge is 0.416 e. The Bertz CT molecular complexity index is 1090. The Morgan fingerprint density at radius 2 is 1.11 bits per heavy atom. The van der Waals surface area contributed by atoms with E-state index in [9.17, 15) is 35.9 Å². The van der Waals surface area contributed by atoms with Crippen molar-refractivity contribution < 1.29 is 41.0 Å². The van der Waals surface area contributed by atoms with E-state index in [1.54, 1.807) is 20.8 Å². The number of halogens is 6. The van der Waals surface area contributed by atoms with Gasteiger partial charge in [0.2, 0.25) is 0 Å². The molecule has 0 heterocycles. The predicted octanol–water partition coefficient (Wildman–Crippen LogP) is 6.25. The molecule has 0 saturated carbocycles. The Labute approximate surface area is 211 Å². The van der Waals surface area contributed by atoms with Gasteiger partial charge in [-0.1, -0.05) is 0 Å². The largest absolute Gasteiger partial charge is 0.478 e. The number of carboxylic acid groups (broad SMARTS) is 1. The van der Waals surface area contributed by atoms with Gasteiger partial charge < -0.3 is 10.4 Å². The number of amides is 1. The zero-order chi connectivity index (χ0) is 27.8. The zero-order valence-corrected chi connectivity index (χ0v) is 21.7. The van der Waals surface area contributed by atoms with Crippen LogP contribution in [0.15, 0.2) is 36.4 Å². The first-order chi connectivity index (χ1) is 15.7. The normalized spacial score (nSPS) is 11.3. The van der Waals surface area contributed by atoms with Gasteiger partial charge >= 0.3 is 18.3 Å². The van der Waals surface area contributed by atoms with Crippen molar-refractivity contribution in [3.05, 3.63) is 69.8 Å². The molecule has 0 saturated heterocycles. The van der Waals surface area contributed by atoms with Gasteiger partial charge in [0.05, 0.1) is 16.7 Å². The fraction of sp³-hybridized carbons (Fsp3) is 0.364. The number of rotatable bonds is 2. The second-order valence-electron chi connectivity index (χ2n) is 8.25. The zero-order valence-electron chi connectivity index (χ0n) is 19.2. The maximum atomic E-state index is 12.6. The lowest BCUT2D eigenvalue weighted by atomic mass is 10.0.